The maximum Gasteiger partial charge on any atom is 0.321 e. The summed E-state index contributed by atoms with van der Waals surface area (Å²) < 4.78 is 0.758. The number of aryl methyl sites for hydroxylation is 1. The maximum absolute atomic E-state index is 12.1. The van der Waals surface area contributed by atoms with E-state index in [9.17, 15) is 9.59 Å². The summed E-state index contributed by atoms with van der Waals surface area (Å²) in [4.78, 5) is 24.5. The van der Waals surface area contributed by atoms with E-state index in [0.717, 1.165) is 10.0 Å². The Balaban J connectivity index is 1.95. The summed E-state index contributed by atoms with van der Waals surface area (Å²) in [6.07, 6.45) is 0. The van der Waals surface area contributed by atoms with E-state index in [1.54, 1.807) is 17.9 Å². The highest BCUT2D eigenvalue weighted by atomic mass is 79.9. The number of benzene rings is 1. The van der Waals surface area contributed by atoms with Crippen molar-refractivity contribution in [2.45, 2.75) is 13.8 Å². The van der Waals surface area contributed by atoms with Gasteiger partial charge in [-0.3, -0.25) is 4.79 Å². The number of carbonyl (C=O) groups is 2. The number of likely N-dealkylation sites (tertiary alicyclic amines) is 1. The molecule has 0 saturated carbocycles. The van der Waals surface area contributed by atoms with Crippen molar-refractivity contribution in [1.82, 2.24) is 4.90 Å². The summed E-state index contributed by atoms with van der Waals surface area (Å²) in [5, 5.41) is 12.3. The van der Waals surface area contributed by atoms with Gasteiger partial charge in [0.15, 0.2) is 0 Å². The Morgan fingerprint density at radius 1 is 1.48 bits per heavy atom. The van der Waals surface area contributed by atoms with Crippen molar-refractivity contribution in [2.24, 2.45) is 11.8 Å². The van der Waals surface area contributed by atoms with Crippen molar-refractivity contribution < 1.29 is 14.7 Å². The number of halogens is 2. The average molecular weight is 376 g/mol. The third-order valence-corrected chi connectivity index (χ3v) is 4.85. The predicted molar refractivity (Wildman–Crippen MR) is 84.8 cm³/mol. The predicted octanol–water partition coefficient (Wildman–Crippen LogP) is 3.60. The number of hydrogen-bond donors (Lipinski definition) is 2. The highest BCUT2D eigenvalue weighted by Gasteiger charge is 2.37. The van der Waals surface area contributed by atoms with Gasteiger partial charge in [0.25, 0.3) is 0 Å². The zero-order chi connectivity index (χ0) is 15.7. The molecule has 2 N–H and O–H groups in total. The minimum Gasteiger partial charge on any atom is -0.481 e. The summed E-state index contributed by atoms with van der Waals surface area (Å²) in [5.41, 5.74) is 1.52. The van der Waals surface area contributed by atoms with Gasteiger partial charge in [-0.2, -0.15) is 0 Å². The molecule has 5 nitrogen and oxygen atoms in total. The lowest BCUT2D eigenvalue weighted by molar-refractivity contribution is -0.144. The van der Waals surface area contributed by atoms with Gasteiger partial charge >= 0.3 is 12.0 Å². The molecule has 7 heteroatoms. The zero-order valence-corrected chi connectivity index (χ0v) is 14.0. The van der Waals surface area contributed by atoms with Crippen LogP contribution in [0, 0.1) is 18.8 Å². The van der Waals surface area contributed by atoms with Crippen LogP contribution in [0.5, 0.6) is 0 Å². The first-order valence-electron chi connectivity index (χ1n) is 6.54. The van der Waals surface area contributed by atoms with Gasteiger partial charge in [-0.15, -0.1) is 0 Å². The van der Waals surface area contributed by atoms with Crippen molar-refractivity contribution in [2.75, 3.05) is 18.4 Å². The standard InChI is InChI=1S/C14H16BrClN2O3/c1-7-3-10(15)12(4-11(7)16)17-14(21)18-5-9(6-18)8(2)13(19)20/h3-4,8-9H,5-6H2,1-2H3,(H,17,21)(H,19,20). The second-order valence-electron chi connectivity index (χ2n) is 5.30. The number of urea groups is 1. The zero-order valence-electron chi connectivity index (χ0n) is 11.7. The highest BCUT2D eigenvalue weighted by Crippen LogP contribution is 2.30. The fourth-order valence-electron chi connectivity index (χ4n) is 2.13. The first-order valence-corrected chi connectivity index (χ1v) is 7.71. The number of anilines is 1. The van der Waals surface area contributed by atoms with Gasteiger partial charge in [-0.05, 0) is 40.5 Å². The molecule has 1 saturated heterocycles. The fraction of sp³-hybridized carbons (Fsp3) is 0.429. The average Bonchev–Trinajstić information content (AvgIpc) is 2.33. The lowest BCUT2D eigenvalue weighted by atomic mass is 9.87. The Morgan fingerprint density at radius 3 is 2.67 bits per heavy atom. The van der Waals surface area contributed by atoms with Gasteiger partial charge in [0.2, 0.25) is 0 Å². The Morgan fingerprint density at radius 2 is 2.10 bits per heavy atom. The number of rotatable bonds is 3. The second-order valence-corrected chi connectivity index (χ2v) is 6.56. The van der Waals surface area contributed by atoms with Crippen LogP contribution in [-0.2, 0) is 4.79 Å². The smallest absolute Gasteiger partial charge is 0.321 e. The van der Waals surface area contributed by atoms with Gasteiger partial charge in [-0.1, -0.05) is 18.5 Å². The number of carbonyl (C=O) groups excluding carboxylic acids is 1. The Bertz CT molecular complexity index is 588. The van der Waals surface area contributed by atoms with E-state index in [1.165, 1.54) is 0 Å². The van der Waals surface area contributed by atoms with Gasteiger partial charge in [-0.25, -0.2) is 4.79 Å². The van der Waals surface area contributed by atoms with Crippen LogP contribution in [0.25, 0.3) is 0 Å². The molecule has 1 fully saturated rings. The molecular weight excluding hydrogens is 360 g/mol. The van der Waals surface area contributed by atoms with Crippen molar-refractivity contribution in [1.29, 1.82) is 0 Å². The van der Waals surface area contributed by atoms with Crippen LogP contribution >= 0.6 is 27.5 Å². The van der Waals surface area contributed by atoms with Gasteiger partial charge in [0.1, 0.15) is 0 Å². The molecule has 0 bridgehead atoms. The normalized spacial score (nSPS) is 16.3. The number of carboxylic acid groups (broad SMARTS) is 1. The molecule has 0 aliphatic carbocycles. The summed E-state index contributed by atoms with van der Waals surface area (Å²) >= 11 is 9.43. The Kier molecular flexibility index (Phi) is 4.78. The van der Waals surface area contributed by atoms with E-state index in [-0.39, 0.29) is 11.9 Å². The number of amides is 2. The Hall–Kier alpha value is -1.27. The second kappa shape index (κ2) is 6.23. The molecule has 1 unspecified atom stereocenters. The Labute approximate surface area is 136 Å². The van der Waals surface area contributed by atoms with Gasteiger partial charge in [0.05, 0.1) is 11.6 Å². The summed E-state index contributed by atoms with van der Waals surface area (Å²) in [7, 11) is 0. The van der Waals surface area contributed by atoms with Gasteiger partial charge in [0, 0.05) is 28.5 Å². The topological polar surface area (TPSA) is 69.6 Å². The fourth-order valence-corrected chi connectivity index (χ4v) is 2.85. The van der Waals surface area contributed by atoms with Crippen molar-refractivity contribution in [3.05, 3.63) is 27.2 Å². The maximum atomic E-state index is 12.1. The monoisotopic (exact) mass is 374 g/mol. The molecule has 1 aliphatic rings. The minimum atomic E-state index is -0.826. The molecule has 0 spiro atoms. The van der Waals surface area contributed by atoms with Crippen LogP contribution in [0.15, 0.2) is 16.6 Å². The number of hydrogen-bond acceptors (Lipinski definition) is 2. The van der Waals surface area contributed by atoms with Crippen LogP contribution in [0.2, 0.25) is 5.02 Å². The van der Waals surface area contributed by atoms with Crippen LogP contribution < -0.4 is 5.32 Å². The van der Waals surface area contributed by atoms with E-state index >= 15 is 0 Å². The molecule has 1 heterocycles. The molecule has 0 radical (unpaired) electrons. The lowest BCUT2D eigenvalue weighted by Gasteiger charge is -2.41. The largest absolute Gasteiger partial charge is 0.481 e. The molecular formula is C14H16BrClN2O3. The first kappa shape index (κ1) is 16.1. The third-order valence-electron chi connectivity index (χ3n) is 3.78. The van der Waals surface area contributed by atoms with Gasteiger partial charge < -0.3 is 15.3 Å². The quantitative estimate of drug-likeness (QED) is 0.848. The van der Waals surface area contributed by atoms with Crippen molar-refractivity contribution in [3.8, 4) is 0 Å². The summed E-state index contributed by atoms with van der Waals surface area (Å²) in [5.74, 6) is -1.25. The first-order chi connectivity index (χ1) is 9.79. The van der Waals surface area contributed by atoms with Crippen LogP contribution in [0.1, 0.15) is 12.5 Å². The van der Waals surface area contributed by atoms with Crippen molar-refractivity contribution >= 4 is 45.2 Å². The number of aliphatic carboxylic acids is 1. The summed E-state index contributed by atoms with van der Waals surface area (Å²) in [6, 6.07) is 3.28. The van der Waals surface area contributed by atoms with Crippen LogP contribution in [0.4, 0.5) is 10.5 Å². The molecule has 2 amide bonds. The van der Waals surface area contributed by atoms with E-state index in [0.29, 0.717) is 23.8 Å². The highest BCUT2D eigenvalue weighted by molar-refractivity contribution is 9.10. The molecule has 0 aromatic heterocycles. The molecule has 114 valence electrons. The third kappa shape index (κ3) is 3.49. The molecule has 1 aliphatic heterocycles. The van der Waals surface area contributed by atoms with E-state index in [1.807, 2.05) is 13.0 Å². The number of carboxylic acids is 1. The summed E-state index contributed by atoms with van der Waals surface area (Å²) in [6.45, 7) is 4.46. The van der Waals surface area contributed by atoms with Crippen LogP contribution in [0.3, 0.4) is 0 Å². The van der Waals surface area contributed by atoms with E-state index in [2.05, 4.69) is 21.2 Å². The molecule has 21 heavy (non-hydrogen) atoms. The lowest BCUT2D eigenvalue weighted by Crippen LogP contribution is -2.54. The van der Waals surface area contributed by atoms with E-state index in [4.69, 9.17) is 16.7 Å². The SMILES string of the molecule is Cc1cc(Br)c(NC(=O)N2CC(C(C)C(=O)O)C2)cc1Cl. The van der Waals surface area contributed by atoms with E-state index < -0.39 is 11.9 Å². The molecule has 2 rings (SSSR count). The molecule has 1 aromatic carbocycles. The molecule has 1 atom stereocenters. The number of nitrogens with zero attached hydrogens (tertiary/aromatic N) is 1. The minimum absolute atomic E-state index is 0.0123. The number of nitrogens with one attached hydrogen (secondary N) is 1. The molecule has 1 aromatic rings. The van der Waals surface area contributed by atoms with Crippen LogP contribution in [-0.4, -0.2) is 35.1 Å². The van der Waals surface area contributed by atoms with Crippen molar-refractivity contribution in [3.63, 3.8) is 0 Å².